The number of ether oxygens (including phenoxy) is 2. The summed E-state index contributed by atoms with van der Waals surface area (Å²) >= 11 is 0. The van der Waals surface area contributed by atoms with Crippen molar-refractivity contribution >= 4 is 11.8 Å². The van der Waals surface area contributed by atoms with E-state index in [4.69, 9.17) is 9.47 Å². The van der Waals surface area contributed by atoms with E-state index in [-0.39, 0.29) is 12.0 Å². The third-order valence-corrected chi connectivity index (χ3v) is 6.93. The van der Waals surface area contributed by atoms with Crippen molar-refractivity contribution in [1.29, 1.82) is 0 Å². The zero-order valence-electron chi connectivity index (χ0n) is 18.9. The van der Waals surface area contributed by atoms with Gasteiger partial charge in [-0.15, -0.1) is 0 Å². The number of carbonyl (C=O) groups is 1. The van der Waals surface area contributed by atoms with Crippen LogP contribution in [0.15, 0.2) is 60.7 Å². The second kappa shape index (κ2) is 8.34. The van der Waals surface area contributed by atoms with Crippen LogP contribution < -0.4 is 9.64 Å². The minimum Gasteiger partial charge on any atom is -0.496 e. The molecule has 3 aromatic rings. The molecule has 32 heavy (non-hydrogen) atoms. The topological polar surface area (TPSA) is 38.8 Å². The summed E-state index contributed by atoms with van der Waals surface area (Å²) in [6.07, 6.45) is 1.65. The summed E-state index contributed by atoms with van der Waals surface area (Å²) < 4.78 is 11.7. The van der Waals surface area contributed by atoms with Gasteiger partial charge in [0.1, 0.15) is 12.4 Å². The highest BCUT2D eigenvalue weighted by Crippen LogP contribution is 2.46. The van der Waals surface area contributed by atoms with E-state index in [0.29, 0.717) is 19.1 Å². The van der Waals surface area contributed by atoms with Gasteiger partial charge >= 0.3 is 6.09 Å². The van der Waals surface area contributed by atoms with Crippen molar-refractivity contribution in [1.82, 2.24) is 0 Å². The van der Waals surface area contributed by atoms with Crippen molar-refractivity contribution in [3.05, 3.63) is 82.9 Å². The second-order valence-electron chi connectivity index (χ2n) is 8.75. The van der Waals surface area contributed by atoms with E-state index < -0.39 is 0 Å². The Bertz CT molecular complexity index is 1120. The predicted octanol–water partition coefficient (Wildman–Crippen LogP) is 6.66. The number of hydrogen-bond donors (Lipinski definition) is 0. The standard InChI is InChI=1S/C28H29NO3/c1-4-19-13-14-29(25-15-18(2)16-26(31-3)27(19)25)28(30)32-17-24-22-11-7-5-9-20(22)21-10-6-8-12-23(21)24/h5-12,15-16,19,24H,4,13-14,17H2,1-3H3/t19-/m1/s1. The van der Waals surface area contributed by atoms with E-state index in [1.54, 1.807) is 12.0 Å². The van der Waals surface area contributed by atoms with Crippen molar-refractivity contribution in [2.75, 3.05) is 25.2 Å². The Hall–Kier alpha value is -3.27. The van der Waals surface area contributed by atoms with Gasteiger partial charge in [0.05, 0.1) is 12.8 Å². The predicted molar refractivity (Wildman–Crippen MR) is 128 cm³/mol. The van der Waals surface area contributed by atoms with Crippen LogP contribution in [-0.2, 0) is 4.74 Å². The second-order valence-corrected chi connectivity index (χ2v) is 8.75. The number of amides is 1. The van der Waals surface area contributed by atoms with Gasteiger partial charge in [0.2, 0.25) is 0 Å². The van der Waals surface area contributed by atoms with E-state index >= 15 is 0 Å². The lowest BCUT2D eigenvalue weighted by atomic mass is 9.86. The summed E-state index contributed by atoms with van der Waals surface area (Å²) in [6, 6.07) is 21.0. The van der Waals surface area contributed by atoms with Gasteiger partial charge in [0, 0.05) is 18.0 Å². The molecule has 1 atom stereocenters. The Morgan fingerprint density at radius 3 is 2.31 bits per heavy atom. The zero-order valence-corrected chi connectivity index (χ0v) is 18.9. The summed E-state index contributed by atoms with van der Waals surface area (Å²) in [6.45, 7) is 5.22. The molecule has 1 aliphatic heterocycles. The van der Waals surface area contributed by atoms with E-state index in [2.05, 4.69) is 67.6 Å². The Kier molecular flexibility index (Phi) is 5.38. The van der Waals surface area contributed by atoms with Crippen molar-refractivity contribution in [2.24, 2.45) is 0 Å². The maximum absolute atomic E-state index is 13.3. The molecule has 1 heterocycles. The largest absolute Gasteiger partial charge is 0.496 e. The first kappa shape index (κ1) is 20.6. The highest BCUT2D eigenvalue weighted by Gasteiger charge is 2.34. The van der Waals surface area contributed by atoms with E-state index in [0.717, 1.165) is 35.4 Å². The first-order valence-electron chi connectivity index (χ1n) is 11.4. The lowest BCUT2D eigenvalue weighted by molar-refractivity contribution is 0.149. The minimum absolute atomic E-state index is 0.0612. The molecule has 0 aromatic heterocycles. The molecule has 0 unspecified atom stereocenters. The summed E-state index contributed by atoms with van der Waals surface area (Å²) in [4.78, 5) is 15.1. The zero-order chi connectivity index (χ0) is 22.2. The number of hydrogen-bond acceptors (Lipinski definition) is 3. The number of aryl methyl sites for hydroxylation is 1. The summed E-state index contributed by atoms with van der Waals surface area (Å²) in [5, 5.41) is 0. The van der Waals surface area contributed by atoms with E-state index in [1.807, 2.05) is 6.92 Å². The monoisotopic (exact) mass is 427 g/mol. The van der Waals surface area contributed by atoms with Crippen LogP contribution in [0, 0.1) is 6.92 Å². The van der Waals surface area contributed by atoms with Gasteiger partial charge in [-0.25, -0.2) is 4.79 Å². The maximum atomic E-state index is 13.3. The van der Waals surface area contributed by atoms with Crippen LogP contribution in [0.2, 0.25) is 0 Å². The summed E-state index contributed by atoms with van der Waals surface area (Å²) in [5.74, 6) is 1.31. The number of methoxy groups -OCH3 is 1. The summed E-state index contributed by atoms with van der Waals surface area (Å²) in [7, 11) is 1.70. The Morgan fingerprint density at radius 1 is 1.03 bits per heavy atom. The fourth-order valence-corrected chi connectivity index (χ4v) is 5.37. The number of rotatable bonds is 4. The highest BCUT2D eigenvalue weighted by atomic mass is 16.6. The molecule has 0 bridgehead atoms. The molecule has 5 rings (SSSR count). The molecule has 0 fully saturated rings. The molecule has 0 N–H and O–H groups in total. The van der Waals surface area contributed by atoms with Crippen LogP contribution in [0.1, 0.15) is 53.9 Å². The third kappa shape index (κ3) is 3.35. The molecule has 0 radical (unpaired) electrons. The lowest BCUT2D eigenvalue weighted by Gasteiger charge is -2.35. The average Bonchev–Trinajstić information content (AvgIpc) is 3.15. The molecule has 1 amide bonds. The Morgan fingerprint density at radius 2 is 1.69 bits per heavy atom. The molecule has 0 spiro atoms. The van der Waals surface area contributed by atoms with Gasteiger partial charge in [-0.2, -0.15) is 0 Å². The van der Waals surface area contributed by atoms with Gasteiger partial charge < -0.3 is 9.47 Å². The van der Waals surface area contributed by atoms with Crippen LogP contribution in [0.5, 0.6) is 5.75 Å². The Labute approximate surface area is 189 Å². The van der Waals surface area contributed by atoms with Crippen molar-refractivity contribution in [3.63, 3.8) is 0 Å². The van der Waals surface area contributed by atoms with Crippen LogP contribution in [0.25, 0.3) is 11.1 Å². The van der Waals surface area contributed by atoms with Gasteiger partial charge in [-0.3, -0.25) is 4.90 Å². The van der Waals surface area contributed by atoms with Crippen molar-refractivity contribution in [2.45, 2.75) is 38.5 Å². The minimum atomic E-state index is -0.282. The molecule has 0 saturated heterocycles. The van der Waals surface area contributed by atoms with Crippen LogP contribution >= 0.6 is 0 Å². The fourth-order valence-electron chi connectivity index (χ4n) is 5.37. The van der Waals surface area contributed by atoms with Crippen LogP contribution in [0.3, 0.4) is 0 Å². The molecule has 1 aliphatic carbocycles. The molecule has 4 heteroatoms. The Balaban J connectivity index is 1.42. The molecule has 3 aromatic carbocycles. The van der Waals surface area contributed by atoms with Gasteiger partial charge in [0.15, 0.2) is 0 Å². The molecular weight excluding hydrogens is 398 g/mol. The first-order valence-corrected chi connectivity index (χ1v) is 11.4. The summed E-state index contributed by atoms with van der Waals surface area (Å²) in [5.41, 5.74) is 8.05. The van der Waals surface area contributed by atoms with Crippen molar-refractivity contribution in [3.8, 4) is 16.9 Å². The number of carbonyl (C=O) groups excluding carboxylic acids is 1. The van der Waals surface area contributed by atoms with Gasteiger partial charge in [-0.05, 0) is 65.6 Å². The molecule has 0 saturated carbocycles. The molecule has 4 nitrogen and oxygen atoms in total. The fraction of sp³-hybridized carbons (Fsp3) is 0.321. The van der Waals surface area contributed by atoms with Crippen LogP contribution in [0.4, 0.5) is 10.5 Å². The lowest BCUT2D eigenvalue weighted by Crippen LogP contribution is -2.38. The number of benzene rings is 3. The van der Waals surface area contributed by atoms with Crippen LogP contribution in [-0.4, -0.2) is 26.4 Å². The first-order chi connectivity index (χ1) is 15.6. The van der Waals surface area contributed by atoms with Gasteiger partial charge in [0.25, 0.3) is 0 Å². The molecule has 2 aliphatic rings. The molecular formula is C28H29NO3. The number of anilines is 1. The average molecular weight is 428 g/mol. The van der Waals surface area contributed by atoms with E-state index in [1.165, 1.54) is 22.3 Å². The number of nitrogens with zero attached hydrogens (tertiary/aromatic N) is 1. The quantitative estimate of drug-likeness (QED) is 0.467. The normalized spacial score (nSPS) is 16.8. The SMILES string of the molecule is CC[C@@H]1CCN(C(=O)OCC2c3ccccc3-c3ccccc32)c2cc(C)cc(OC)c21. The van der Waals surface area contributed by atoms with Gasteiger partial charge in [-0.1, -0.05) is 55.5 Å². The molecule has 164 valence electrons. The highest BCUT2D eigenvalue weighted by molar-refractivity contribution is 5.90. The number of fused-ring (bicyclic) bond motifs is 4. The third-order valence-electron chi connectivity index (χ3n) is 6.93. The van der Waals surface area contributed by atoms with Crippen molar-refractivity contribution < 1.29 is 14.3 Å². The van der Waals surface area contributed by atoms with E-state index in [9.17, 15) is 4.79 Å². The maximum Gasteiger partial charge on any atom is 0.414 e. The smallest absolute Gasteiger partial charge is 0.414 e.